The molecule has 1 aromatic heterocycles. The molecule has 0 saturated heterocycles. The summed E-state index contributed by atoms with van der Waals surface area (Å²) in [5.74, 6) is 0.487. The minimum absolute atomic E-state index is 0.143. The summed E-state index contributed by atoms with van der Waals surface area (Å²) in [5, 5.41) is 2.93. The Bertz CT molecular complexity index is 852. The quantitative estimate of drug-likeness (QED) is 0.735. The molecule has 1 aromatic carbocycles. The fraction of sp³-hybridized carbons (Fsp3) is 0.348. The predicted molar refractivity (Wildman–Crippen MR) is 111 cm³/mol. The third kappa shape index (κ3) is 4.91. The van der Waals surface area contributed by atoms with Crippen LogP contribution < -0.4 is 5.32 Å². The number of carbonyl (C=O) groups is 2. The van der Waals surface area contributed by atoms with E-state index in [1.165, 1.54) is 12.8 Å². The molecule has 0 bridgehead atoms. The van der Waals surface area contributed by atoms with Gasteiger partial charge in [-0.1, -0.05) is 38.6 Å². The van der Waals surface area contributed by atoms with Gasteiger partial charge in [0.2, 0.25) is 0 Å². The lowest BCUT2D eigenvalue weighted by molar-refractivity contribution is 0.0946. The lowest BCUT2D eigenvalue weighted by atomic mass is 9.94. The van der Waals surface area contributed by atoms with Gasteiger partial charge in [-0.3, -0.25) is 9.59 Å². The van der Waals surface area contributed by atoms with Crippen LogP contribution in [0.4, 0.5) is 0 Å². The van der Waals surface area contributed by atoms with Crippen molar-refractivity contribution in [3.05, 3.63) is 58.9 Å². The van der Waals surface area contributed by atoms with Crippen molar-refractivity contribution in [1.29, 1.82) is 0 Å². The standard InChI is InChI=1S/C21H22N2O2.C2H6/c1-4-16-10-17(12-24)19(9-13(16)2)18-7-8-20(23-14(18)3)21(25)22-11-15-5-6-15;1-2/h4,7-10,12,15H,1,5-6,11H2,2-3H3,(H,22,25);1-2H3. The van der Waals surface area contributed by atoms with E-state index in [0.29, 0.717) is 17.2 Å². The first-order chi connectivity index (χ1) is 13.0. The number of aromatic nitrogens is 1. The van der Waals surface area contributed by atoms with Crippen LogP contribution in [0.5, 0.6) is 0 Å². The number of carbonyl (C=O) groups excluding carboxylic acids is 2. The van der Waals surface area contributed by atoms with Crippen molar-refractivity contribution in [2.75, 3.05) is 6.54 Å². The maximum atomic E-state index is 12.2. The van der Waals surface area contributed by atoms with Crippen LogP contribution in [0.15, 0.2) is 30.8 Å². The average Bonchev–Trinajstić information content (AvgIpc) is 3.52. The first kappa shape index (κ1) is 20.6. The van der Waals surface area contributed by atoms with E-state index in [1.807, 2.05) is 45.9 Å². The molecular formula is C23H28N2O2. The minimum atomic E-state index is -0.143. The molecule has 1 heterocycles. The molecule has 0 atom stereocenters. The number of hydrogen-bond donors (Lipinski definition) is 1. The third-order valence-corrected chi connectivity index (χ3v) is 4.64. The van der Waals surface area contributed by atoms with E-state index in [-0.39, 0.29) is 5.91 Å². The zero-order valence-electron chi connectivity index (χ0n) is 16.6. The van der Waals surface area contributed by atoms with Crippen molar-refractivity contribution in [3.8, 4) is 11.1 Å². The van der Waals surface area contributed by atoms with Crippen molar-refractivity contribution in [3.63, 3.8) is 0 Å². The van der Waals surface area contributed by atoms with Crippen LogP contribution in [0.1, 0.15) is 64.4 Å². The van der Waals surface area contributed by atoms with Crippen LogP contribution in [-0.2, 0) is 0 Å². The van der Waals surface area contributed by atoms with Crippen LogP contribution >= 0.6 is 0 Å². The van der Waals surface area contributed by atoms with Gasteiger partial charge in [-0.05, 0) is 61.4 Å². The summed E-state index contributed by atoms with van der Waals surface area (Å²) < 4.78 is 0. The van der Waals surface area contributed by atoms with Gasteiger partial charge in [-0.2, -0.15) is 0 Å². The maximum absolute atomic E-state index is 12.2. The number of amides is 1. The predicted octanol–water partition coefficient (Wildman–Crippen LogP) is 4.99. The number of aldehydes is 1. The monoisotopic (exact) mass is 364 g/mol. The van der Waals surface area contributed by atoms with Crippen molar-refractivity contribution in [2.45, 2.75) is 40.5 Å². The summed E-state index contributed by atoms with van der Waals surface area (Å²) in [6, 6.07) is 7.39. The van der Waals surface area contributed by atoms with Gasteiger partial charge >= 0.3 is 0 Å². The van der Waals surface area contributed by atoms with Crippen molar-refractivity contribution in [2.24, 2.45) is 5.92 Å². The van der Waals surface area contributed by atoms with Gasteiger partial charge in [-0.15, -0.1) is 0 Å². The molecule has 0 spiro atoms. The molecule has 0 aliphatic heterocycles. The van der Waals surface area contributed by atoms with Gasteiger partial charge in [0.05, 0.1) is 0 Å². The largest absolute Gasteiger partial charge is 0.350 e. The number of nitrogens with one attached hydrogen (secondary N) is 1. The smallest absolute Gasteiger partial charge is 0.269 e. The number of aryl methyl sites for hydroxylation is 2. The summed E-state index contributed by atoms with van der Waals surface area (Å²) >= 11 is 0. The zero-order chi connectivity index (χ0) is 20.0. The summed E-state index contributed by atoms with van der Waals surface area (Å²) in [6.45, 7) is 12.3. The fourth-order valence-corrected chi connectivity index (χ4v) is 2.91. The Morgan fingerprint density at radius 1 is 1.19 bits per heavy atom. The number of benzene rings is 1. The van der Waals surface area contributed by atoms with E-state index in [4.69, 9.17) is 0 Å². The molecule has 3 rings (SSSR count). The molecule has 27 heavy (non-hydrogen) atoms. The Labute approximate surface area is 161 Å². The Balaban J connectivity index is 0.00000126. The highest BCUT2D eigenvalue weighted by molar-refractivity contribution is 5.94. The first-order valence-corrected chi connectivity index (χ1v) is 9.52. The van der Waals surface area contributed by atoms with Gasteiger partial charge in [0.1, 0.15) is 5.69 Å². The van der Waals surface area contributed by atoms with Gasteiger partial charge in [-0.25, -0.2) is 4.98 Å². The Morgan fingerprint density at radius 3 is 2.44 bits per heavy atom. The molecule has 142 valence electrons. The first-order valence-electron chi connectivity index (χ1n) is 9.52. The molecular weight excluding hydrogens is 336 g/mol. The lowest BCUT2D eigenvalue weighted by Gasteiger charge is -2.12. The summed E-state index contributed by atoms with van der Waals surface area (Å²) in [6.07, 6.45) is 4.97. The van der Waals surface area contributed by atoms with E-state index in [9.17, 15) is 9.59 Å². The molecule has 1 amide bonds. The number of hydrogen-bond acceptors (Lipinski definition) is 3. The highest BCUT2D eigenvalue weighted by Crippen LogP contribution is 2.29. The second-order valence-corrected chi connectivity index (χ2v) is 6.60. The second-order valence-electron chi connectivity index (χ2n) is 6.60. The summed E-state index contributed by atoms with van der Waals surface area (Å²) in [5.41, 5.74) is 5.40. The lowest BCUT2D eigenvalue weighted by Crippen LogP contribution is -2.26. The van der Waals surface area contributed by atoms with Gasteiger partial charge in [0, 0.05) is 23.4 Å². The SMILES string of the molecule is C=Cc1cc(C=O)c(-c2ccc(C(=O)NCC3CC3)nc2C)cc1C.CC. The fourth-order valence-electron chi connectivity index (χ4n) is 2.91. The van der Waals surface area contributed by atoms with E-state index < -0.39 is 0 Å². The Kier molecular flexibility index (Phi) is 7.05. The van der Waals surface area contributed by atoms with Crippen molar-refractivity contribution < 1.29 is 9.59 Å². The van der Waals surface area contributed by atoms with Crippen LogP contribution in [0.25, 0.3) is 17.2 Å². The Morgan fingerprint density at radius 2 is 1.89 bits per heavy atom. The van der Waals surface area contributed by atoms with Crippen LogP contribution in [0.2, 0.25) is 0 Å². The molecule has 1 aliphatic carbocycles. The van der Waals surface area contributed by atoms with E-state index in [0.717, 1.165) is 40.8 Å². The van der Waals surface area contributed by atoms with Crippen LogP contribution in [0.3, 0.4) is 0 Å². The topological polar surface area (TPSA) is 59.1 Å². The molecule has 0 radical (unpaired) electrons. The van der Waals surface area contributed by atoms with E-state index in [1.54, 1.807) is 12.1 Å². The Hall–Kier alpha value is -2.75. The number of pyridine rings is 1. The summed E-state index contributed by atoms with van der Waals surface area (Å²) in [4.78, 5) is 28.1. The molecule has 4 nitrogen and oxygen atoms in total. The molecule has 1 N–H and O–H groups in total. The van der Waals surface area contributed by atoms with E-state index in [2.05, 4.69) is 16.9 Å². The molecule has 1 aliphatic rings. The zero-order valence-corrected chi connectivity index (χ0v) is 16.6. The molecule has 1 saturated carbocycles. The maximum Gasteiger partial charge on any atom is 0.269 e. The van der Waals surface area contributed by atoms with E-state index >= 15 is 0 Å². The molecule has 4 heteroatoms. The molecule has 0 unspecified atom stereocenters. The molecule has 1 fully saturated rings. The van der Waals surface area contributed by atoms with Gasteiger partial charge in [0.25, 0.3) is 5.91 Å². The number of nitrogens with zero attached hydrogens (tertiary/aromatic N) is 1. The van der Waals surface area contributed by atoms with Gasteiger partial charge < -0.3 is 5.32 Å². The normalized spacial score (nSPS) is 12.6. The second kappa shape index (κ2) is 9.26. The van der Waals surface area contributed by atoms with Crippen LogP contribution in [-0.4, -0.2) is 23.7 Å². The average molecular weight is 364 g/mol. The summed E-state index contributed by atoms with van der Waals surface area (Å²) in [7, 11) is 0. The third-order valence-electron chi connectivity index (χ3n) is 4.64. The highest BCUT2D eigenvalue weighted by Gasteiger charge is 2.22. The minimum Gasteiger partial charge on any atom is -0.350 e. The van der Waals surface area contributed by atoms with Crippen molar-refractivity contribution in [1.82, 2.24) is 10.3 Å². The highest BCUT2D eigenvalue weighted by atomic mass is 16.1. The van der Waals surface area contributed by atoms with Crippen LogP contribution in [0, 0.1) is 19.8 Å². The number of rotatable bonds is 6. The molecule has 2 aromatic rings. The van der Waals surface area contributed by atoms with Crippen molar-refractivity contribution >= 4 is 18.3 Å². The van der Waals surface area contributed by atoms with Gasteiger partial charge in [0.15, 0.2) is 6.29 Å².